The second-order valence-corrected chi connectivity index (χ2v) is 6.42. The summed E-state index contributed by atoms with van der Waals surface area (Å²) >= 11 is 1.51. The standard InChI is InChI=1S/C11H17O3PS/c1-3-13-15(12,4-2)14-10-16-11-8-6-5-7-9-11/h5-9H,3-4,10H2,1-2H3. The van der Waals surface area contributed by atoms with Crippen molar-refractivity contribution in [2.24, 2.45) is 0 Å². The normalized spacial score (nSPS) is 14.6. The molecule has 3 nitrogen and oxygen atoms in total. The molecule has 0 heterocycles. The lowest BCUT2D eigenvalue weighted by molar-refractivity contribution is 0.239. The highest BCUT2D eigenvalue weighted by atomic mass is 32.2. The zero-order valence-electron chi connectivity index (χ0n) is 9.59. The maximum absolute atomic E-state index is 11.9. The Kier molecular flexibility index (Phi) is 6.14. The van der Waals surface area contributed by atoms with Gasteiger partial charge < -0.3 is 4.52 Å². The Morgan fingerprint density at radius 3 is 2.44 bits per heavy atom. The van der Waals surface area contributed by atoms with Gasteiger partial charge in [-0.15, -0.1) is 0 Å². The van der Waals surface area contributed by atoms with E-state index in [1.807, 2.05) is 44.2 Å². The smallest absolute Gasteiger partial charge is 0.309 e. The molecule has 0 saturated carbocycles. The van der Waals surface area contributed by atoms with Crippen molar-refractivity contribution in [3.8, 4) is 0 Å². The summed E-state index contributed by atoms with van der Waals surface area (Å²) in [6, 6.07) is 9.87. The van der Waals surface area contributed by atoms with Crippen LogP contribution in [0.1, 0.15) is 13.8 Å². The Balaban J connectivity index is 2.37. The summed E-state index contributed by atoms with van der Waals surface area (Å²) in [5, 5.41) is 0. The molecule has 1 aromatic carbocycles. The van der Waals surface area contributed by atoms with Crippen LogP contribution in [0.5, 0.6) is 0 Å². The summed E-state index contributed by atoms with van der Waals surface area (Å²) in [5.41, 5.74) is 0. The fraction of sp³-hybridized carbons (Fsp3) is 0.455. The Morgan fingerprint density at radius 2 is 1.88 bits per heavy atom. The van der Waals surface area contributed by atoms with Crippen LogP contribution in [0.2, 0.25) is 0 Å². The van der Waals surface area contributed by atoms with E-state index in [1.165, 1.54) is 11.8 Å². The zero-order valence-corrected chi connectivity index (χ0v) is 11.3. The van der Waals surface area contributed by atoms with Gasteiger partial charge in [-0.3, -0.25) is 9.09 Å². The van der Waals surface area contributed by atoms with Crippen molar-refractivity contribution in [3.63, 3.8) is 0 Å². The third-order valence-corrected chi connectivity index (χ3v) is 4.90. The number of thioether (sulfide) groups is 1. The predicted octanol–water partition coefficient (Wildman–Crippen LogP) is 4.00. The molecule has 1 rings (SSSR count). The van der Waals surface area contributed by atoms with Gasteiger partial charge in [-0.1, -0.05) is 36.9 Å². The molecule has 1 unspecified atom stereocenters. The fourth-order valence-corrected chi connectivity index (χ4v) is 3.28. The van der Waals surface area contributed by atoms with E-state index in [2.05, 4.69) is 0 Å². The van der Waals surface area contributed by atoms with Crippen molar-refractivity contribution in [2.45, 2.75) is 18.7 Å². The molecule has 0 fully saturated rings. The highest BCUT2D eigenvalue weighted by Gasteiger charge is 2.20. The Hall–Kier alpha value is -0.280. The van der Waals surface area contributed by atoms with Gasteiger partial charge in [-0.2, -0.15) is 0 Å². The van der Waals surface area contributed by atoms with Gasteiger partial charge in [0.25, 0.3) is 0 Å². The average Bonchev–Trinajstić information content (AvgIpc) is 2.31. The first-order valence-electron chi connectivity index (χ1n) is 5.26. The molecule has 0 saturated heterocycles. The molecule has 0 aromatic heterocycles. The van der Waals surface area contributed by atoms with Crippen molar-refractivity contribution >= 4 is 19.4 Å². The molecule has 0 aliphatic heterocycles. The summed E-state index contributed by atoms with van der Waals surface area (Å²) in [6.07, 6.45) is 0.413. The maximum Gasteiger partial charge on any atom is 0.331 e. The third kappa shape index (κ3) is 4.71. The molecule has 0 aliphatic rings. The van der Waals surface area contributed by atoms with E-state index in [0.717, 1.165) is 4.90 Å². The molecule has 0 radical (unpaired) electrons. The van der Waals surface area contributed by atoms with Crippen molar-refractivity contribution in [2.75, 3.05) is 18.7 Å². The minimum atomic E-state index is -2.86. The van der Waals surface area contributed by atoms with Crippen LogP contribution in [0.15, 0.2) is 35.2 Å². The first-order chi connectivity index (χ1) is 7.70. The first kappa shape index (κ1) is 13.8. The molecule has 90 valence electrons. The summed E-state index contributed by atoms with van der Waals surface area (Å²) in [4.78, 5) is 1.10. The second kappa shape index (κ2) is 7.13. The van der Waals surface area contributed by atoms with Gasteiger partial charge in [0.05, 0.1) is 6.61 Å². The van der Waals surface area contributed by atoms with E-state index in [0.29, 0.717) is 18.7 Å². The van der Waals surface area contributed by atoms with Crippen molar-refractivity contribution < 1.29 is 13.6 Å². The van der Waals surface area contributed by atoms with Crippen LogP contribution in [0.25, 0.3) is 0 Å². The predicted molar refractivity (Wildman–Crippen MR) is 68.0 cm³/mol. The summed E-state index contributed by atoms with van der Waals surface area (Å²) < 4.78 is 22.4. The molecule has 0 aliphatic carbocycles. The SMILES string of the molecule is CCOP(=O)(CC)OCSc1ccccc1. The minimum absolute atomic E-state index is 0.356. The molecule has 1 aromatic rings. The molecular formula is C11H17O3PS. The van der Waals surface area contributed by atoms with Crippen LogP contribution in [0, 0.1) is 0 Å². The lowest BCUT2D eigenvalue weighted by atomic mass is 10.4. The van der Waals surface area contributed by atoms with Gasteiger partial charge in [0.15, 0.2) is 0 Å². The quantitative estimate of drug-likeness (QED) is 0.421. The van der Waals surface area contributed by atoms with Gasteiger partial charge in [-0.25, -0.2) is 0 Å². The maximum atomic E-state index is 11.9. The summed E-state index contributed by atoms with van der Waals surface area (Å²) in [7, 11) is -2.86. The highest BCUT2D eigenvalue weighted by Crippen LogP contribution is 2.48. The monoisotopic (exact) mass is 260 g/mol. The fourth-order valence-electron chi connectivity index (χ4n) is 1.11. The topological polar surface area (TPSA) is 35.5 Å². The number of hydrogen-bond donors (Lipinski definition) is 0. The molecule has 1 atom stereocenters. The molecular weight excluding hydrogens is 243 g/mol. The number of hydrogen-bond acceptors (Lipinski definition) is 4. The molecule has 0 amide bonds. The number of rotatable bonds is 7. The molecule has 16 heavy (non-hydrogen) atoms. The Labute approximate surface area is 101 Å². The van der Waals surface area contributed by atoms with E-state index >= 15 is 0 Å². The van der Waals surface area contributed by atoms with Crippen molar-refractivity contribution in [1.29, 1.82) is 0 Å². The lowest BCUT2D eigenvalue weighted by Gasteiger charge is -2.15. The molecule has 0 spiro atoms. The second-order valence-electron chi connectivity index (χ2n) is 3.05. The van der Waals surface area contributed by atoms with E-state index < -0.39 is 7.60 Å². The Morgan fingerprint density at radius 1 is 1.19 bits per heavy atom. The van der Waals surface area contributed by atoms with E-state index in [4.69, 9.17) is 9.05 Å². The molecule has 0 N–H and O–H groups in total. The largest absolute Gasteiger partial charge is 0.331 e. The van der Waals surface area contributed by atoms with Crippen LogP contribution in [0.4, 0.5) is 0 Å². The van der Waals surface area contributed by atoms with Crippen LogP contribution in [0.3, 0.4) is 0 Å². The van der Waals surface area contributed by atoms with Crippen molar-refractivity contribution in [1.82, 2.24) is 0 Å². The van der Waals surface area contributed by atoms with Gasteiger partial charge in [0.1, 0.15) is 5.94 Å². The third-order valence-electron chi connectivity index (χ3n) is 1.93. The molecule has 5 heteroatoms. The Bertz CT molecular complexity index is 342. The number of benzene rings is 1. The van der Waals surface area contributed by atoms with Crippen LogP contribution in [-0.4, -0.2) is 18.7 Å². The summed E-state index contributed by atoms with van der Waals surface area (Å²) in [5.74, 6) is 0.356. The van der Waals surface area contributed by atoms with Crippen molar-refractivity contribution in [3.05, 3.63) is 30.3 Å². The van der Waals surface area contributed by atoms with Gasteiger partial charge in [-0.05, 0) is 19.1 Å². The summed E-state index contributed by atoms with van der Waals surface area (Å²) in [6.45, 7) is 4.04. The van der Waals surface area contributed by atoms with Crippen LogP contribution in [-0.2, 0) is 13.6 Å². The average molecular weight is 260 g/mol. The van der Waals surface area contributed by atoms with E-state index in [1.54, 1.807) is 0 Å². The van der Waals surface area contributed by atoms with Crippen LogP contribution < -0.4 is 0 Å². The van der Waals surface area contributed by atoms with Gasteiger partial charge in [0.2, 0.25) is 0 Å². The minimum Gasteiger partial charge on any atom is -0.309 e. The van der Waals surface area contributed by atoms with Crippen LogP contribution >= 0.6 is 19.4 Å². The zero-order chi connectivity index (χ0) is 11.9. The van der Waals surface area contributed by atoms with Gasteiger partial charge >= 0.3 is 7.60 Å². The highest BCUT2D eigenvalue weighted by molar-refractivity contribution is 7.99. The molecule has 0 bridgehead atoms. The first-order valence-corrected chi connectivity index (χ1v) is 7.97. The van der Waals surface area contributed by atoms with E-state index in [-0.39, 0.29) is 0 Å². The van der Waals surface area contributed by atoms with E-state index in [9.17, 15) is 4.57 Å². The van der Waals surface area contributed by atoms with Gasteiger partial charge in [0, 0.05) is 11.1 Å². The lowest BCUT2D eigenvalue weighted by Crippen LogP contribution is -1.97.